The number of rotatable bonds is 11. The van der Waals surface area contributed by atoms with E-state index in [1.807, 2.05) is 36.4 Å². The monoisotopic (exact) mass is 565 g/mol. The van der Waals surface area contributed by atoms with Crippen LogP contribution in [0.3, 0.4) is 0 Å². The van der Waals surface area contributed by atoms with Crippen LogP contribution in [0.5, 0.6) is 0 Å². The van der Waals surface area contributed by atoms with Crippen molar-refractivity contribution in [2.24, 2.45) is 0 Å². The fraction of sp³-hybridized carbons (Fsp3) is 0.333. The molecule has 1 aliphatic rings. The molecular weight excluding hydrogens is 526 g/mol. The first-order valence-electron chi connectivity index (χ1n) is 13.4. The van der Waals surface area contributed by atoms with Gasteiger partial charge >= 0.3 is 0 Å². The van der Waals surface area contributed by atoms with Gasteiger partial charge in [-0.1, -0.05) is 95.6 Å². The van der Waals surface area contributed by atoms with Crippen LogP contribution in [0.4, 0.5) is 0 Å². The van der Waals surface area contributed by atoms with Gasteiger partial charge in [-0.3, -0.25) is 4.55 Å². The first-order chi connectivity index (χ1) is 18.2. The number of benzene rings is 3. The Morgan fingerprint density at radius 3 is 2.03 bits per heavy atom. The summed E-state index contributed by atoms with van der Waals surface area (Å²) in [6.45, 7) is 7.58. The summed E-state index contributed by atoms with van der Waals surface area (Å²) in [5.74, 6) is -0.0849. The van der Waals surface area contributed by atoms with Crippen LogP contribution in [-0.2, 0) is 15.7 Å². The third kappa shape index (κ3) is 7.70. The maximum absolute atomic E-state index is 11.7. The van der Waals surface area contributed by atoms with Gasteiger partial charge in [0.15, 0.2) is 0 Å². The molecule has 0 radical (unpaired) electrons. The Bertz CT molecular complexity index is 1380. The predicted molar refractivity (Wildman–Crippen MR) is 163 cm³/mol. The Morgan fingerprint density at radius 2 is 1.44 bits per heavy atom. The Balaban J connectivity index is 0.00000420. The van der Waals surface area contributed by atoms with E-state index in [1.165, 1.54) is 28.8 Å². The van der Waals surface area contributed by atoms with E-state index in [0.29, 0.717) is 0 Å². The van der Waals surface area contributed by atoms with Gasteiger partial charge < -0.3 is 5.32 Å². The summed E-state index contributed by atoms with van der Waals surface area (Å²) in [4.78, 5) is -0.0975. The molecule has 0 aliphatic heterocycles. The van der Waals surface area contributed by atoms with E-state index in [0.717, 1.165) is 49.8 Å². The summed E-state index contributed by atoms with van der Waals surface area (Å²) in [6.07, 6.45) is 7.93. The van der Waals surface area contributed by atoms with E-state index in [2.05, 4.69) is 68.6 Å². The molecule has 0 spiro atoms. The number of allylic oxidation sites excluding steroid dienone is 4. The molecule has 0 fully saturated rings. The number of hydrogen-bond donors (Lipinski definition) is 2. The summed E-state index contributed by atoms with van der Waals surface area (Å²) >= 11 is 0. The molecule has 4 rings (SSSR count). The average Bonchev–Trinajstić information content (AvgIpc) is 2.91. The summed E-state index contributed by atoms with van der Waals surface area (Å²) in [6, 6.07) is 27.4. The highest BCUT2D eigenvalue weighted by molar-refractivity contribution is 7.85. The molecule has 0 aromatic heterocycles. The lowest BCUT2D eigenvalue weighted by atomic mass is 9.72. The van der Waals surface area contributed by atoms with Crippen LogP contribution < -0.4 is 5.32 Å². The van der Waals surface area contributed by atoms with Gasteiger partial charge in [0.1, 0.15) is 0 Å². The summed E-state index contributed by atoms with van der Waals surface area (Å²) in [5.41, 5.74) is 7.40. The minimum absolute atomic E-state index is 0. The molecule has 3 aromatic rings. The number of nitrogens with one attached hydrogen (secondary N) is 1. The maximum Gasteiger partial charge on any atom is 0.294 e. The lowest BCUT2D eigenvalue weighted by molar-refractivity contribution is 0.321. The molecule has 0 saturated heterocycles. The zero-order valence-electron chi connectivity index (χ0n) is 23.1. The van der Waals surface area contributed by atoms with Gasteiger partial charge in [0, 0.05) is 5.92 Å². The Labute approximate surface area is 240 Å². The molecular formula is C33H40ClNO3S. The zero-order chi connectivity index (χ0) is 27.2. The standard InChI is InChI=1S/C33H39NO3S.ClH/c1-25-17-18-27(24-26(25)2)12-10-11-23-34-33(3,30-15-8-5-9-16-30)32(28-13-6-4-7-14-28)29-19-21-31(22-20-29)38(35,36)37;/h4-9,13-16,18-22,32,34H,10-12,17,23-24H2,1-3H3,(H,35,36,37);1H/t32-,33+;/m0./s1. The van der Waals surface area contributed by atoms with Crippen LogP contribution in [0, 0.1) is 0 Å². The normalized spacial score (nSPS) is 16.2. The smallest absolute Gasteiger partial charge is 0.294 e. The van der Waals surface area contributed by atoms with Crippen molar-refractivity contribution in [3.8, 4) is 0 Å². The van der Waals surface area contributed by atoms with Crippen LogP contribution in [0.15, 0.2) is 113 Å². The molecule has 2 N–H and O–H groups in total. The Morgan fingerprint density at radius 1 is 0.846 bits per heavy atom. The molecule has 0 amide bonds. The van der Waals surface area contributed by atoms with Crippen LogP contribution in [0.1, 0.15) is 75.5 Å². The first-order valence-corrected chi connectivity index (χ1v) is 14.9. The average molecular weight is 566 g/mol. The fourth-order valence-electron chi connectivity index (χ4n) is 5.54. The number of hydrogen-bond acceptors (Lipinski definition) is 3. The minimum Gasteiger partial charge on any atom is -0.307 e. The first kappa shape index (κ1) is 30.8. The van der Waals surface area contributed by atoms with Gasteiger partial charge in [0.25, 0.3) is 10.1 Å². The highest BCUT2D eigenvalue weighted by Gasteiger charge is 2.37. The molecule has 1 aliphatic carbocycles. The molecule has 6 heteroatoms. The van der Waals surface area contributed by atoms with Gasteiger partial charge in [0.2, 0.25) is 0 Å². The fourth-order valence-corrected chi connectivity index (χ4v) is 6.02. The molecule has 2 atom stereocenters. The summed E-state index contributed by atoms with van der Waals surface area (Å²) < 4.78 is 32.9. The van der Waals surface area contributed by atoms with Crippen molar-refractivity contribution in [2.45, 2.75) is 69.2 Å². The molecule has 0 saturated carbocycles. The third-order valence-electron chi connectivity index (χ3n) is 7.93. The van der Waals surface area contributed by atoms with Crippen molar-refractivity contribution in [2.75, 3.05) is 6.54 Å². The number of unbranched alkanes of at least 4 members (excludes halogenated alkanes) is 1. The van der Waals surface area contributed by atoms with E-state index in [4.69, 9.17) is 0 Å². The second kappa shape index (κ2) is 13.6. The van der Waals surface area contributed by atoms with Crippen LogP contribution in [0.2, 0.25) is 0 Å². The van der Waals surface area contributed by atoms with E-state index in [9.17, 15) is 13.0 Å². The topological polar surface area (TPSA) is 66.4 Å². The van der Waals surface area contributed by atoms with Crippen molar-refractivity contribution < 1.29 is 13.0 Å². The van der Waals surface area contributed by atoms with Crippen LogP contribution in [0.25, 0.3) is 0 Å². The SMILES string of the molecule is CC1=C(C)CC(CCCCN[C@](C)(c2ccccc2)[C@@H](c2ccccc2)c2ccc(S(=O)(=O)O)cc2)=CC1.Cl. The van der Waals surface area contributed by atoms with Crippen molar-refractivity contribution in [1.29, 1.82) is 0 Å². The Kier molecular flexibility index (Phi) is 10.7. The molecule has 39 heavy (non-hydrogen) atoms. The molecule has 0 heterocycles. The quantitative estimate of drug-likeness (QED) is 0.140. The number of halogens is 1. The third-order valence-corrected chi connectivity index (χ3v) is 8.80. The van der Waals surface area contributed by atoms with E-state index < -0.39 is 15.7 Å². The highest BCUT2D eigenvalue weighted by Crippen LogP contribution is 2.42. The largest absolute Gasteiger partial charge is 0.307 e. The molecule has 4 nitrogen and oxygen atoms in total. The van der Waals surface area contributed by atoms with Gasteiger partial charge in [-0.15, -0.1) is 12.4 Å². The van der Waals surface area contributed by atoms with Gasteiger partial charge in [-0.25, -0.2) is 0 Å². The second-order valence-corrected chi connectivity index (χ2v) is 12.1. The second-order valence-electron chi connectivity index (χ2n) is 10.6. The predicted octanol–water partition coefficient (Wildman–Crippen LogP) is 8.22. The van der Waals surface area contributed by atoms with E-state index in [1.54, 1.807) is 5.57 Å². The summed E-state index contributed by atoms with van der Waals surface area (Å²) in [7, 11) is -4.26. The van der Waals surface area contributed by atoms with Gasteiger partial charge in [-0.05, 0) is 88.2 Å². The van der Waals surface area contributed by atoms with Crippen molar-refractivity contribution in [3.05, 3.63) is 124 Å². The lowest BCUT2D eigenvalue weighted by Gasteiger charge is -2.40. The molecule has 3 aromatic carbocycles. The van der Waals surface area contributed by atoms with Gasteiger partial charge in [-0.2, -0.15) is 8.42 Å². The maximum atomic E-state index is 11.7. The van der Waals surface area contributed by atoms with Crippen molar-refractivity contribution in [1.82, 2.24) is 5.32 Å². The highest BCUT2D eigenvalue weighted by atomic mass is 35.5. The molecule has 0 bridgehead atoms. The minimum atomic E-state index is -4.26. The van der Waals surface area contributed by atoms with Crippen molar-refractivity contribution in [3.63, 3.8) is 0 Å². The van der Waals surface area contributed by atoms with E-state index in [-0.39, 0.29) is 23.2 Å². The van der Waals surface area contributed by atoms with Crippen LogP contribution >= 0.6 is 12.4 Å². The van der Waals surface area contributed by atoms with Gasteiger partial charge in [0.05, 0.1) is 10.4 Å². The lowest BCUT2D eigenvalue weighted by Crippen LogP contribution is -2.45. The molecule has 208 valence electrons. The summed E-state index contributed by atoms with van der Waals surface area (Å²) in [5, 5.41) is 3.91. The van der Waals surface area contributed by atoms with Crippen molar-refractivity contribution >= 4 is 22.5 Å². The Hall–Kier alpha value is -2.70. The zero-order valence-corrected chi connectivity index (χ0v) is 24.7. The molecule has 0 unspecified atom stereocenters. The van der Waals surface area contributed by atoms with E-state index >= 15 is 0 Å². The van der Waals surface area contributed by atoms with Crippen LogP contribution in [-0.4, -0.2) is 19.5 Å².